The summed E-state index contributed by atoms with van der Waals surface area (Å²) in [4.78, 5) is 37.6. The van der Waals surface area contributed by atoms with Crippen LogP contribution in [0.1, 0.15) is 51.3 Å². The van der Waals surface area contributed by atoms with Crippen LogP contribution in [0, 0.1) is 6.92 Å². The number of rotatable bonds is 5. The second-order valence-corrected chi connectivity index (χ2v) is 8.98. The maximum atomic E-state index is 13.2. The van der Waals surface area contributed by atoms with Crippen molar-refractivity contribution in [3.63, 3.8) is 0 Å². The monoisotopic (exact) mass is 520 g/mol. The summed E-state index contributed by atoms with van der Waals surface area (Å²) in [6.07, 6.45) is -4.07. The van der Waals surface area contributed by atoms with E-state index in [1.54, 1.807) is 30.0 Å². The Hall–Kier alpha value is -3.53. The van der Waals surface area contributed by atoms with Gasteiger partial charge in [0.2, 0.25) is 5.95 Å². The van der Waals surface area contributed by atoms with Crippen molar-refractivity contribution in [1.82, 2.24) is 14.6 Å². The SMILES string of the molecule is COn1c(N[C@@H](C)c2ccc(C(F)(F)F)cc2)nc2c(c1=O)CN(C(=O)c1ccc(Cl)c(C)c1)CC2. The molecule has 1 aliphatic heterocycles. The van der Waals surface area contributed by atoms with Gasteiger partial charge in [0.1, 0.15) is 7.11 Å². The predicted molar refractivity (Wildman–Crippen MR) is 129 cm³/mol. The highest BCUT2D eigenvalue weighted by Gasteiger charge is 2.31. The average molecular weight is 521 g/mol. The van der Waals surface area contributed by atoms with Crippen molar-refractivity contribution < 1.29 is 22.8 Å². The minimum absolute atomic E-state index is 0.0692. The summed E-state index contributed by atoms with van der Waals surface area (Å²) in [7, 11) is 1.31. The van der Waals surface area contributed by atoms with E-state index in [0.717, 1.165) is 22.4 Å². The Morgan fingerprint density at radius 3 is 2.50 bits per heavy atom. The lowest BCUT2D eigenvalue weighted by atomic mass is 10.0. The number of aromatic nitrogens is 2. The normalized spacial score (nSPS) is 14.2. The van der Waals surface area contributed by atoms with Gasteiger partial charge >= 0.3 is 6.18 Å². The summed E-state index contributed by atoms with van der Waals surface area (Å²) < 4.78 is 39.6. The van der Waals surface area contributed by atoms with Crippen LogP contribution < -0.4 is 15.7 Å². The molecule has 36 heavy (non-hydrogen) atoms. The number of alkyl halides is 3. The van der Waals surface area contributed by atoms with E-state index in [-0.39, 0.29) is 18.4 Å². The first-order chi connectivity index (χ1) is 17.0. The number of benzene rings is 2. The number of nitrogens with one attached hydrogen (secondary N) is 1. The van der Waals surface area contributed by atoms with Crippen LogP contribution in [0.5, 0.6) is 0 Å². The van der Waals surface area contributed by atoms with Gasteiger partial charge in [-0.25, -0.2) is 4.98 Å². The van der Waals surface area contributed by atoms with E-state index in [1.807, 2.05) is 6.92 Å². The maximum Gasteiger partial charge on any atom is 0.416 e. The van der Waals surface area contributed by atoms with Gasteiger partial charge in [0.15, 0.2) is 0 Å². The highest BCUT2D eigenvalue weighted by atomic mass is 35.5. The fraction of sp³-hybridized carbons (Fsp3) is 0.320. The summed E-state index contributed by atoms with van der Waals surface area (Å²) in [6, 6.07) is 9.31. The predicted octanol–water partition coefficient (Wildman–Crippen LogP) is 4.65. The molecule has 0 saturated heterocycles. The molecule has 3 aromatic rings. The smallest absolute Gasteiger partial charge is 0.411 e. The highest BCUT2D eigenvalue weighted by molar-refractivity contribution is 6.31. The number of hydrogen-bond acceptors (Lipinski definition) is 5. The van der Waals surface area contributed by atoms with Crippen LogP contribution in [0.3, 0.4) is 0 Å². The topological polar surface area (TPSA) is 76.5 Å². The number of carbonyl (C=O) groups excluding carboxylic acids is 1. The second kappa shape index (κ2) is 9.85. The summed E-state index contributed by atoms with van der Waals surface area (Å²) >= 11 is 6.06. The van der Waals surface area contributed by atoms with Crippen molar-refractivity contribution in [2.24, 2.45) is 0 Å². The molecule has 11 heteroatoms. The van der Waals surface area contributed by atoms with Gasteiger partial charge < -0.3 is 15.1 Å². The number of fused-ring (bicyclic) bond motifs is 1. The quantitative estimate of drug-likeness (QED) is 0.530. The molecule has 0 unspecified atom stereocenters. The molecule has 1 N–H and O–H groups in total. The van der Waals surface area contributed by atoms with Crippen LogP contribution in [-0.2, 0) is 19.1 Å². The first-order valence-electron chi connectivity index (χ1n) is 11.2. The Bertz CT molecular complexity index is 1360. The molecule has 2 aromatic carbocycles. The largest absolute Gasteiger partial charge is 0.416 e. The zero-order valence-electron chi connectivity index (χ0n) is 19.8. The molecular weight excluding hydrogens is 497 g/mol. The van der Waals surface area contributed by atoms with Crippen molar-refractivity contribution >= 4 is 23.5 Å². The van der Waals surface area contributed by atoms with Gasteiger partial charge in [0.05, 0.1) is 29.4 Å². The van der Waals surface area contributed by atoms with E-state index in [2.05, 4.69) is 10.3 Å². The van der Waals surface area contributed by atoms with Gasteiger partial charge in [-0.3, -0.25) is 9.59 Å². The molecule has 7 nitrogen and oxygen atoms in total. The molecule has 1 amide bonds. The van der Waals surface area contributed by atoms with Crippen molar-refractivity contribution in [3.05, 3.63) is 91.4 Å². The molecule has 0 fully saturated rings. The maximum absolute atomic E-state index is 13.2. The Morgan fingerprint density at radius 2 is 1.89 bits per heavy atom. The zero-order chi connectivity index (χ0) is 26.2. The molecule has 1 aliphatic rings. The Labute approximate surface area is 210 Å². The van der Waals surface area contributed by atoms with E-state index < -0.39 is 23.3 Å². The molecule has 4 rings (SSSR count). The van der Waals surface area contributed by atoms with Crippen molar-refractivity contribution in [2.45, 2.75) is 39.0 Å². The lowest BCUT2D eigenvalue weighted by Crippen LogP contribution is -2.42. The van der Waals surface area contributed by atoms with Gasteiger partial charge in [-0.05, 0) is 55.3 Å². The second-order valence-electron chi connectivity index (χ2n) is 8.57. The number of halogens is 4. The summed E-state index contributed by atoms with van der Waals surface area (Å²) in [5.74, 6) is -0.0938. The Morgan fingerprint density at radius 1 is 1.19 bits per heavy atom. The molecule has 0 aliphatic carbocycles. The van der Waals surface area contributed by atoms with Crippen LogP contribution in [0.2, 0.25) is 5.02 Å². The van der Waals surface area contributed by atoms with Crippen molar-refractivity contribution in [3.8, 4) is 0 Å². The van der Waals surface area contributed by atoms with Crippen LogP contribution in [0.25, 0.3) is 0 Å². The number of amides is 1. The minimum atomic E-state index is -4.42. The molecular formula is C25H24ClF3N4O3. The van der Waals surface area contributed by atoms with Gasteiger partial charge in [-0.1, -0.05) is 23.7 Å². The lowest BCUT2D eigenvalue weighted by molar-refractivity contribution is -0.137. The van der Waals surface area contributed by atoms with Gasteiger partial charge in [-0.2, -0.15) is 13.2 Å². The molecule has 0 spiro atoms. The third-order valence-corrected chi connectivity index (χ3v) is 6.57. The first kappa shape index (κ1) is 25.6. The lowest BCUT2D eigenvalue weighted by Gasteiger charge is -2.29. The van der Waals surface area contributed by atoms with E-state index >= 15 is 0 Å². The number of hydrogen-bond donors (Lipinski definition) is 1. The summed E-state index contributed by atoms with van der Waals surface area (Å²) in [5.41, 5.74) is 1.50. The number of nitrogens with zero attached hydrogens (tertiary/aromatic N) is 3. The van der Waals surface area contributed by atoms with Gasteiger partial charge in [-0.15, -0.1) is 4.73 Å². The molecule has 1 atom stereocenters. The van der Waals surface area contributed by atoms with E-state index in [1.165, 1.54) is 19.2 Å². The first-order valence-corrected chi connectivity index (χ1v) is 11.6. The number of anilines is 1. The fourth-order valence-corrected chi connectivity index (χ4v) is 4.21. The van der Waals surface area contributed by atoms with E-state index in [4.69, 9.17) is 16.4 Å². The molecule has 190 valence electrons. The van der Waals surface area contributed by atoms with Crippen LogP contribution in [-0.4, -0.2) is 34.2 Å². The highest BCUT2D eigenvalue weighted by Crippen LogP contribution is 2.30. The average Bonchev–Trinajstić information content (AvgIpc) is 2.85. The van der Waals surface area contributed by atoms with Crippen molar-refractivity contribution in [1.29, 1.82) is 0 Å². The van der Waals surface area contributed by atoms with Crippen LogP contribution >= 0.6 is 11.6 Å². The Balaban J connectivity index is 1.57. The number of carbonyl (C=O) groups is 1. The third kappa shape index (κ3) is 5.04. The summed E-state index contributed by atoms with van der Waals surface area (Å²) in [6.45, 7) is 3.99. The fourth-order valence-electron chi connectivity index (χ4n) is 4.09. The van der Waals surface area contributed by atoms with Gasteiger partial charge in [0.25, 0.3) is 11.5 Å². The van der Waals surface area contributed by atoms with E-state index in [0.29, 0.717) is 40.4 Å². The summed E-state index contributed by atoms with van der Waals surface area (Å²) in [5, 5.41) is 3.61. The molecule has 0 bridgehead atoms. The Kier molecular flexibility index (Phi) is 6.99. The third-order valence-electron chi connectivity index (χ3n) is 6.15. The van der Waals surface area contributed by atoms with Crippen LogP contribution in [0.15, 0.2) is 47.3 Å². The van der Waals surface area contributed by atoms with Crippen LogP contribution in [0.4, 0.5) is 19.1 Å². The molecule has 2 heterocycles. The molecule has 0 saturated carbocycles. The van der Waals surface area contributed by atoms with Gasteiger partial charge in [0, 0.05) is 23.6 Å². The zero-order valence-corrected chi connectivity index (χ0v) is 20.6. The van der Waals surface area contributed by atoms with Crippen molar-refractivity contribution in [2.75, 3.05) is 19.0 Å². The number of aryl methyl sites for hydroxylation is 1. The molecule has 1 aromatic heterocycles. The minimum Gasteiger partial charge on any atom is -0.411 e. The standard InChI is InChI=1S/C25H24ClF3N4O3/c1-14-12-17(6-9-20(14)26)22(34)32-11-10-21-19(13-32)23(35)33(36-3)24(31-21)30-15(2)16-4-7-18(8-5-16)25(27,28)29/h4-9,12,15H,10-11,13H2,1-3H3,(H,30,31)/t15-/m0/s1. The molecule has 0 radical (unpaired) electrons. The van der Waals surface area contributed by atoms with E-state index in [9.17, 15) is 22.8 Å².